The third kappa shape index (κ3) is 2.94. The van der Waals surface area contributed by atoms with Crippen LogP contribution in [0.5, 0.6) is 5.75 Å². The maximum absolute atomic E-state index is 13.7. The summed E-state index contributed by atoms with van der Waals surface area (Å²) in [5.74, 6) is 0.151. The van der Waals surface area contributed by atoms with Crippen LogP contribution in [-0.2, 0) is 5.60 Å². The molecule has 0 radical (unpaired) electrons. The van der Waals surface area contributed by atoms with E-state index in [4.69, 9.17) is 16.3 Å². The number of benzene rings is 2. The summed E-state index contributed by atoms with van der Waals surface area (Å²) < 4.78 is 46.4. The largest absolute Gasteiger partial charge is 0.492 e. The molecule has 1 amide bonds. The Hall–Kier alpha value is -2.25. The highest BCUT2D eigenvalue weighted by atomic mass is 35.5. The van der Waals surface area contributed by atoms with E-state index < -0.39 is 17.1 Å². The van der Waals surface area contributed by atoms with Gasteiger partial charge in [-0.2, -0.15) is 13.2 Å². The summed E-state index contributed by atoms with van der Waals surface area (Å²) >= 11 is 5.11. The number of aliphatic hydroxyl groups is 1. The molecule has 3 rings (SSSR count). The lowest BCUT2D eigenvalue weighted by atomic mass is 9.91. The highest BCUT2D eigenvalue weighted by Gasteiger charge is 2.60. The molecule has 0 aliphatic heterocycles. The van der Waals surface area contributed by atoms with E-state index >= 15 is 0 Å². The minimum Gasteiger partial charge on any atom is -0.492 e. The second-order valence-corrected chi connectivity index (χ2v) is 5.85. The van der Waals surface area contributed by atoms with Gasteiger partial charge in [0, 0.05) is 11.1 Å². The van der Waals surface area contributed by atoms with Gasteiger partial charge in [-0.05, 0) is 34.9 Å². The number of halogens is 4. The number of nitrogens with one attached hydrogen (secondary N) is 1. The van der Waals surface area contributed by atoms with Crippen molar-refractivity contribution >= 4 is 17.0 Å². The number of carbonyl (C=O) groups excluding carboxylic acids is 1. The van der Waals surface area contributed by atoms with E-state index in [1.807, 2.05) is 0 Å². The van der Waals surface area contributed by atoms with Crippen molar-refractivity contribution in [2.45, 2.75) is 11.8 Å². The first-order valence-corrected chi connectivity index (χ1v) is 7.72. The van der Waals surface area contributed by atoms with Gasteiger partial charge >= 0.3 is 11.5 Å². The SMILES string of the molecule is O=C(Cl)NCCOc1ccc2c(c1)C(O)(C(F)(F)F)c1ccccc1-2. The molecule has 1 atom stereocenters. The quantitative estimate of drug-likeness (QED) is 0.488. The number of amides is 1. The van der Waals surface area contributed by atoms with E-state index in [2.05, 4.69) is 5.32 Å². The predicted octanol–water partition coefficient (Wildman–Crippen LogP) is 3.79. The minimum absolute atomic E-state index is 0.0225. The van der Waals surface area contributed by atoms with Gasteiger partial charge in [-0.25, -0.2) is 0 Å². The summed E-state index contributed by atoms with van der Waals surface area (Å²) in [5, 5.41) is 12.1. The highest BCUT2D eigenvalue weighted by Crippen LogP contribution is 2.55. The predicted molar refractivity (Wildman–Crippen MR) is 85.7 cm³/mol. The third-order valence-corrected chi connectivity index (χ3v) is 4.17. The van der Waals surface area contributed by atoms with E-state index in [1.54, 1.807) is 6.07 Å². The average Bonchev–Trinajstić information content (AvgIpc) is 2.82. The van der Waals surface area contributed by atoms with Crippen LogP contribution in [0.2, 0.25) is 0 Å². The number of fused-ring (bicyclic) bond motifs is 3. The molecule has 0 saturated carbocycles. The molecular formula is C17H13ClF3NO3. The fourth-order valence-corrected chi connectivity index (χ4v) is 3.04. The lowest BCUT2D eigenvalue weighted by Crippen LogP contribution is -2.41. The Bertz CT molecular complexity index is 825. The van der Waals surface area contributed by atoms with Gasteiger partial charge in [-0.1, -0.05) is 30.3 Å². The van der Waals surface area contributed by atoms with Gasteiger partial charge in [0.25, 0.3) is 0 Å². The van der Waals surface area contributed by atoms with Crippen LogP contribution in [0.3, 0.4) is 0 Å². The van der Waals surface area contributed by atoms with E-state index in [1.165, 1.54) is 36.4 Å². The molecule has 2 aromatic rings. The van der Waals surface area contributed by atoms with E-state index in [9.17, 15) is 23.1 Å². The van der Waals surface area contributed by atoms with Gasteiger partial charge in [-0.15, -0.1) is 0 Å². The van der Waals surface area contributed by atoms with Crippen LogP contribution in [-0.4, -0.2) is 29.8 Å². The van der Waals surface area contributed by atoms with Gasteiger partial charge in [0.05, 0.1) is 6.54 Å². The summed E-state index contributed by atoms with van der Waals surface area (Å²) in [6, 6.07) is 10.0. The van der Waals surface area contributed by atoms with Crippen LogP contribution in [0, 0.1) is 0 Å². The molecule has 132 valence electrons. The van der Waals surface area contributed by atoms with Crippen LogP contribution in [0.25, 0.3) is 11.1 Å². The summed E-state index contributed by atoms with van der Waals surface area (Å²) in [6.45, 7) is 0.123. The summed E-state index contributed by atoms with van der Waals surface area (Å²) in [6.07, 6.45) is -4.89. The van der Waals surface area contributed by atoms with Crippen LogP contribution in [0.15, 0.2) is 42.5 Å². The van der Waals surface area contributed by atoms with Crippen LogP contribution >= 0.6 is 11.6 Å². The fraction of sp³-hybridized carbons (Fsp3) is 0.235. The Balaban J connectivity index is 1.97. The Labute approximate surface area is 146 Å². The molecular weight excluding hydrogens is 359 g/mol. The molecule has 0 saturated heterocycles. The molecule has 0 fully saturated rings. The second kappa shape index (κ2) is 6.24. The molecule has 0 bridgehead atoms. The molecule has 1 aliphatic carbocycles. The van der Waals surface area contributed by atoms with Gasteiger partial charge < -0.3 is 15.2 Å². The molecule has 2 aromatic carbocycles. The topological polar surface area (TPSA) is 58.6 Å². The Morgan fingerprint density at radius 1 is 1.16 bits per heavy atom. The monoisotopic (exact) mass is 371 g/mol. The molecule has 25 heavy (non-hydrogen) atoms. The van der Waals surface area contributed by atoms with E-state index in [0.717, 1.165) is 0 Å². The van der Waals surface area contributed by atoms with Crippen molar-refractivity contribution in [2.75, 3.05) is 13.2 Å². The van der Waals surface area contributed by atoms with E-state index in [0.29, 0.717) is 11.1 Å². The van der Waals surface area contributed by atoms with Crippen molar-refractivity contribution in [2.24, 2.45) is 0 Å². The van der Waals surface area contributed by atoms with Crippen molar-refractivity contribution in [1.82, 2.24) is 5.32 Å². The number of rotatable bonds is 4. The Morgan fingerprint density at radius 3 is 2.52 bits per heavy atom. The Kier molecular flexibility index (Phi) is 4.38. The number of ether oxygens (including phenoxy) is 1. The zero-order valence-electron chi connectivity index (χ0n) is 12.7. The van der Waals surface area contributed by atoms with Crippen LogP contribution < -0.4 is 10.1 Å². The molecule has 0 spiro atoms. The van der Waals surface area contributed by atoms with Crippen LogP contribution in [0.1, 0.15) is 11.1 Å². The summed E-state index contributed by atoms with van der Waals surface area (Å²) in [7, 11) is 0. The summed E-state index contributed by atoms with van der Waals surface area (Å²) in [4.78, 5) is 10.6. The fourth-order valence-electron chi connectivity index (χ4n) is 2.95. The lowest BCUT2D eigenvalue weighted by Gasteiger charge is -2.28. The van der Waals surface area contributed by atoms with Gasteiger partial charge in [-0.3, -0.25) is 4.79 Å². The molecule has 1 aliphatic rings. The first kappa shape index (κ1) is 17.6. The maximum Gasteiger partial charge on any atom is 0.425 e. The third-order valence-electron chi connectivity index (χ3n) is 4.03. The van der Waals surface area contributed by atoms with Crippen molar-refractivity contribution in [3.63, 3.8) is 0 Å². The molecule has 2 N–H and O–H groups in total. The zero-order chi connectivity index (χ0) is 18.2. The van der Waals surface area contributed by atoms with Crippen molar-refractivity contribution in [1.29, 1.82) is 0 Å². The van der Waals surface area contributed by atoms with Crippen LogP contribution in [0.4, 0.5) is 18.0 Å². The van der Waals surface area contributed by atoms with Gasteiger partial charge in [0.1, 0.15) is 12.4 Å². The molecule has 0 heterocycles. The van der Waals surface area contributed by atoms with E-state index in [-0.39, 0.29) is 30.0 Å². The first-order valence-electron chi connectivity index (χ1n) is 7.35. The number of carbonyl (C=O) groups is 1. The standard InChI is InChI=1S/C17H13ClF3NO3/c18-15(23)22-7-8-25-10-5-6-12-11-3-1-2-4-13(11)16(24,14(12)9-10)17(19,20)21/h1-6,9,24H,7-8H2,(H,22,23). The van der Waals surface area contributed by atoms with Crippen molar-refractivity contribution in [3.8, 4) is 16.9 Å². The van der Waals surface area contributed by atoms with Crippen molar-refractivity contribution < 1.29 is 27.8 Å². The number of hydrogen-bond acceptors (Lipinski definition) is 3. The van der Waals surface area contributed by atoms with Gasteiger partial charge in [0.15, 0.2) is 0 Å². The summed E-state index contributed by atoms with van der Waals surface area (Å²) in [5.41, 5.74) is -2.94. The zero-order valence-corrected chi connectivity index (χ0v) is 13.5. The lowest BCUT2D eigenvalue weighted by molar-refractivity contribution is -0.246. The second-order valence-electron chi connectivity index (χ2n) is 5.51. The number of hydrogen-bond donors (Lipinski definition) is 2. The number of alkyl halides is 3. The minimum atomic E-state index is -4.89. The average molecular weight is 372 g/mol. The molecule has 4 nitrogen and oxygen atoms in total. The van der Waals surface area contributed by atoms with Crippen molar-refractivity contribution in [3.05, 3.63) is 53.6 Å². The molecule has 1 unspecified atom stereocenters. The highest BCUT2D eigenvalue weighted by molar-refractivity contribution is 6.62. The normalized spacial score (nSPS) is 18.4. The maximum atomic E-state index is 13.7. The molecule has 0 aromatic heterocycles. The smallest absolute Gasteiger partial charge is 0.425 e. The molecule has 8 heteroatoms. The van der Waals surface area contributed by atoms with Gasteiger partial charge in [0.2, 0.25) is 5.60 Å². The first-order chi connectivity index (χ1) is 11.7. The Morgan fingerprint density at radius 2 is 1.84 bits per heavy atom.